The number of aromatic hydroxyl groups is 1. The lowest BCUT2D eigenvalue weighted by Gasteiger charge is -2.32. The number of phenolic OH excluding ortho intramolecular Hbond substituents is 1. The summed E-state index contributed by atoms with van der Waals surface area (Å²) < 4.78 is 5.90. The topological polar surface area (TPSA) is 53.0 Å². The van der Waals surface area contributed by atoms with Crippen LogP contribution < -0.4 is 4.74 Å². The molecule has 5 heteroatoms. The number of likely N-dealkylation sites (N-methyl/N-ethyl adjacent to an activating group) is 1. The number of benzene rings is 2. The molecule has 28 heavy (non-hydrogen) atoms. The highest BCUT2D eigenvalue weighted by Gasteiger charge is 2.31. The molecule has 2 aliphatic rings. The van der Waals surface area contributed by atoms with Crippen LogP contribution >= 0.6 is 0 Å². The fourth-order valence-electron chi connectivity index (χ4n) is 3.50. The van der Waals surface area contributed by atoms with Crippen molar-refractivity contribution in [3.63, 3.8) is 0 Å². The minimum atomic E-state index is -0.146. The van der Waals surface area contributed by atoms with Crippen molar-refractivity contribution in [2.45, 2.75) is 6.54 Å². The summed E-state index contributed by atoms with van der Waals surface area (Å²) >= 11 is 0. The van der Waals surface area contributed by atoms with E-state index in [1.54, 1.807) is 18.2 Å². The molecule has 0 saturated carbocycles. The molecule has 0 atom stereocenters. The van der Waals surface area contributed by atoms with Gasteiger partial charge in [0.15, 0.2) is 5.76 Å². The molecule has 0 unspecified atom stereocenters. The summed E-state index contributed by atoms with van der Waals surface area (Å²) in [7, 11) is 2.11. The molecule has 144 valence electrons. The van der Waals surface area contributed by atoms with Gasteiger partial charge < -0.3 is 14.7 Å². The third-order valence-electron chi connectivity index (χ3n) is 5.23. The second-order valence-electron chi connectivity index (χ2n) is 7.25. The largest absolute Gasteiger partial charge is 0.507 e. The van der Waals surface area contributed by atoms with Crippen LogP contribution in [0.2, 0.25) is 0 Å². The van der Waals surface area contributed by atoms with Crippen LogP contribution in [0, 0.1) is 0 Å². The highest BCUT2D eigenvalue weighted by atomic mass is 16.5. The molecule has 2 aliphatic heterocycles. The summed E-state index contributed by atoms with van der Waals surface area (Å²) in [4.78, 5) is 17.3. The number of rotatable bonds is 4. The number of nitrogens with zero attached hydrogens (tertiary/aromatic N) is 2. The van der Waals surface area contributed by atoms with Crippen molar-refractivity contribution in [3.05, 3.63) is 77.1 Å². The molecule has 2 heterocycles. The first-order chi connectivity index (χ1) is 13.6. The van der Waals surface area contributed by atoms with Crippen LogP contribution in [0.4, 0.5) is 0 Å². The van der Waals surface area contributed by atoms with Gasteiger partial charge in [-0.25, -0.2) is 0 Å². The Morgan fingerprint density at radius 2 is 1.82 bits per heavy atom. The number of allylic oxidation sites excluding steroid dienone is 3. The third kappa shape index (κ3) is 3.86. The fourth-order valence-corrected chi connectivity index (χ4v) is 3.50. The smallest absolute Gasteiger partial charge is 0.231 e. The second kappa shape index (κ2) is 8.00. The normalized spacial score (nSPS) is 19.3. The Labute approximate surface area is 165 Å². The van der Waals surface area contributed by atoms with E-state index in [2.05, 4.69) is 16.8 Å². The van der Waals surface area contributed by atoms with Crippen LogP contribution in [-0.2, 0) is 6.54 Å². The molecule has 1 fully saturated rings. The Kier molecular flexibility index (Phi) is 5.28. The van der Waals surface area contributed by atoms with Gasteiger partial charge in [-0.2, -0.15) is 0 Å². The van der Waals surface area contributed by atoms with Crippen LogP contribution in [0.1, 0.15) is 21.5 Å². The van der Waals surface area contributed by atoms with E-state index < -0.39 is 0 Å². The molecule has 0 bridgehead atoms. The minimum Gasteiger partial charge on any atom is -0.507 e. The number of piperazine rings is 1. The zero-order valence-electron chi connectivity index (χ0n) is 16.0. The van der Waals surface area contributed by atoms with Gasteiger partial charge in [-0.05, 0) is 30.8 Å². The average molecular weight is 376 g/mol. The van der Waals surface area contributed by atoms with E-state index in [4.69, 9.17) is 4.74 Å². The van der Waals surface area contributed by atoms with Crippen LogP contribution in [-0.4, -0.2) is 53.9 Å². The molecule has 2 aromatic rings. The zero-order valence-corrected chi connectivity index (χ0v) is 16.0. The lowest BCUT2D eigenvalue weighted by molar-refractivity contribution is 0.101. The standard InChI is InChI=1S/C23H24N2O3/c1-24-12-14-25(15-13-24)16-19-20(26)11-10-18-22(27)21(28-23(18)19)9-5-8-17-6-3-2-4-7-17/h2-11,26H,12-16H2,1H3. The fraction of sp³-hybridized carbons (Fsp3) is 0.261. The van der Waals surface area contributed by atoms with Crippen molar-refractivity contribution in [1.29, 1.82) is 0 Å². The summed E-state index contributed by atoms with van der Waals surface area (Å²) in [5.41, 5.74) is 2.25. The highest BCUT2D eigenvalue weighted by Crippen LogP contribution is 2.39. The van der Waals surface area contributed by atoms with Crippen molar-refractivity contribution >= 4 is 11.9 Å². The molecule has 5 nitrogen and oxygen atoms in total. The number of carbonyl (C=O) groups is 1. The molecule has 1 saturated heterocycles. The number of phenols is 1. The SMILES string of the molecule is CN1CCN(Cc2c(O)ccc3c2OC(=CC=Cc2ccccc2)C3=O)CC1. The van der Waals surface area contributed by atoms with Crippen LogP contribution in [0.3, 0.4) is 0 Å². The van der Waals surface area contributed by atoms with Crippen molar-refractivity contribution in [3.8, 4) is 11.5 Å². The lowest BCUT2D eigenvalue weighted by atomic mass is 10.0. The number of fused-ring (bicyclic) bond motifs is 1. The number of hydrogen-bond donors (Lipinski definition) is 1. The Hall–Kier alpha value is -2.89. The molecule has 4 rings (SSSR count). The third-order valence-corrected chi connectivity index (χ3v) is 5.23. The molecule has 0 aliphatic carbocycles. The highest BCUT2D eigenvalue weighted by molar-refractivity contribution is 6.12. The first-order valence-corrected chi connectivity index (χ1v) is 9.53. The van der Waals surface area contributed by atoms with E-state index in [0.29, 0.717) is 23.4 Å². The first-order valence-electron chi connectivity index (χ1n) is 9.53. The van der Waals surface area contributed by atoms with Gasteiger partial charge in [-0.15, -0.1) is 0 Å². The van der Waals surface area contributed by atoms with Crippen molar-refractivity contribution in [2.75, 3.05) is 33.2 Å². The molecule has 2 aromatic carbocycles. The number of ether oxygens (including phenoxy) is 1. The van der Waals surface area contributed by atoms with Gasteiger partial charge in [-0.3, -0.25) is 9.69 Å². The van der Waals surface area contributed by atoms with E-state index >= 15 is 0 Å². The first kappa shape index (κ1) is 18.5. The summed E-state index contributed by atoms with van der Waals surface area (Å²) in [6.07, 6.45) is 5.43. The molecular weight excluding hydrogens is 352 g/mol. The van der Waals surface area contributed by atoms with Crippen LogP contribution in [0.25, 0.3) is 6.08 Å². The van der Waals surface area contributed by atoms with Crippen LogP contribution in [0.15, 0.2) is 60.4 Å². The van der Waals surface area contributed by atoms with Crippen molar-refractivity contribution in [1.82, 2.24) is 9.80 Å². The maximum atomic E-state index is 12.7. The zero-order chi connectivity index (χ0) is 19.5. The lowest BCUT2D eigenvalue weighted by Crippen LogP contribution is -2.43. The van der Waals surface area contributed by atoms with Crippen molar-refractivity contribution < 1.29 is 14.6 Å². The molecule has 0 radical (unpaired) electrons. The Balaban J connectivity index is 1.54. The molecule has 0 spiro atoms. The quantitative estimate of drug-likeness (QED) is 0.830. The minimum absolute atomic E-state index is 0.146. The van der Waals surface area contributed by atoms with E-state index in [-0.39, 0.29) is 17.3 Å². The number of Topliss-reactive ketones (excluding diaryl/α,β-unsaturated/α-hetero) is 1. The van der Waals surface area contributed by atoms with Gasteiger partial charge in [0.2, 0.25) is 5.78 Å². The van der Waals surface area contributed by atoms with Gasteiger partial charge >= 0.3 is 0 Å². The van der Waals surface area contributed by atoms with Crippen molar-refractivity contribution in [2.24, 2.45) is 0 Å². The molecule has 1 N–H and O–H groups in total. The van der Waals surface area contributed by atoms with E-state index in [9.17, 15) is 9.90 Å². The summed E-state index contributed by atoms with van der Waals surface area (Å²) in [5, 5.41) is 10.4. The summed E-state index contributed by atoms with van der Waals surface area (Å²) in [5.74, 6) is 0.801. The second-order valence-corrected chi connectivity index (χ2v) is 7.25. The van der Waals surface area contributed by atoms with E-state index in [1.807, 2.05) is 42.5 Å². The molecule has 0 aromatic heterocycles. The van der Waals surface area contributed by atoms with Gasteiger partial charge in [-0.1, -0.05) is 42.5 Å². The van der Waals surface area contributed by atoms with Gasteiger partial charge in [0, 0.05) is 32.7 Å². The summed E-state index contributed by atoms with van der Waals surface area (Å²) in [6, 6.07) is 13.1. The predicted molar refractivity (Wildman–Crippen MR) is 109 cm³/mol. The molecular formula is C23H24N2O3. The van der Waals surface area contributed by atoms with Crippen LogP contribution in [0.5, 0.6) is 11.5 Å². The average Bonchev–Trinajstić information content (AvgIpc) is 3.02. The van der Waals surface area contributed by atoms with E-state index in [1.165, 1.54) is 0 Å². The number of ketones is 1. The maximum absolute atomic E-state index is 12.7. The molecule has 0 amide bonds. The van der Waals surface area contributed by atoms with E-state index in [0.717, 1.165) is 31.7 Å². The monoisotopic (exact) mass is 376 g/mol. The van der Waals surface area contributed by atoms with Gasteiger partial charge in [0.25, 0.3) is 0 Å². The summed E-state index contributed by atoms with van der Waals surface area (Å²) in [6.45, 7) is 4.41. The van der Waals surface area contributed by atoms with Gasteiger partial charge in [0.05, 0.1) is 11.1 Å². The Morgan fingerprint density at radius 3 is 2.57 bits per heavy atom. The number of hydrogen-bond acceptors (Lipinski definition) is 5. The number of carbonyl (C=O) groups excluding carboxylic acids is 1. The Bertz CT molecular complexity index is 926. The predicted octanol–water partition coefficient (Wildman–Crippen LogP) is 3.31. The maximum Gasteiger partial charge on any atom is 0.231 e. The van der Waals surface area contributed by atoms with Gasteiger partial charge in [0.1, 0.15) is 11.5 Å². The Morgan fingerprint density at radius 1 is 1.07 bits per heavy atom.